The second-order valence-corrected chi connectivity index (χ2v) is 4.90. The van der Waals surface area contributed by atoms with E-state index in [1.807, 2.05) is 23.6 Å². The van der Waals surface area contributed by atoms with Crippen molar-refractivity contribution in [2.24, 2.45) is 0 Å². The first kappa shape index (κ1) is 13.4. The van der Waals surface area contributed by atoms with Gasteiger partial charge in [-0.25, -0.2) is 0 Å². The topological polar surface area (TPSA) is 34.4 Å². The normalized spacial score (nSPS) is 13.2. The van der Waals surface area contributed by atoms with E-state index in [0.29, 0.717) is 18.3 Å². The largest absolute Gasteiger partial charge is 0.389 e. The summed E-state index contributed by atoms with van der Waals surface area (Å²) in [6.07, 6.45) is -0.577. The number of aliphatic hydroxyl groups excluding tert-OH is 1. The van der Waals surface area contributed by atoms with Gasteiger partial charge in [0, 0.05) is 30.1 Å². The highest BCUT2D eigenvalue weighted by Crippen LogP contribution is 2.34. The molecule has 0 amide bonds. The number of aromatic nitrogens is 1. The predicted octanol–water partition coefficient (Wildman–Crippen LogP) is 3.30. The zero-order valence-electron chi connectivity index (χ0n) is 10.9. The van der Waals surface area contributed by atoms with Crippen LogP contribution in [0.2, 0.25) is 5.15 Å². The van der Waals surface area contributed by atoms with Gasteiger partial charge in [-0.3, -0.25) is 0 Å². The number of hydrogen-bond acceptors (Lipinski definition) is 2. The lowest BCUT2D eigenvalue weighted by atomic mass is 10.1. The fourth-order valence-corrected chi connectivity index (χ4v) is 2.69. The molecule has 2 rings (SSSR count). The fraction of sp³-hybridized carbons (Fsp3) is 0.429. The smallest absolute Gasteiger partial charge is 0.115 e. The van der Waals surface area contributed by atoms with Crippen molar-refractivity contribution in [2.75, 3.05) is 13.7 Å². The zero-order chi connectivity index (χ0) is 13.3. The number of halogens is 1. The molecule has 1 aromatic heterocycles. The van der Waals surface area contributed by atoms with Gasteiger partial charge < -0.3 is 14.4 Å². The van der Waals surface area contributed by atoms with Crippen molar-refractivity contribution in [2.45, 2.75) is 26.5 Å². The Hall–Kier alpha value is -1.03. The molecule has 1 N–H and O–H groups in total. The Morgan fingerprint density at radius 2 is 2.17 bits per heavy atom. The van der Waals surface area contributed by atoms with Gasteiger partial charge in [0.25, 0.3) is 0 Å². The highest BCUT2D eigenvalue weighted by molar-refractivity contribution is 6.32. The molecule has 0 saturated heterocycles. The molecular weight excluding hydrogens is 250 g/mol. The Kier molecular flexibility index (Phi) is 3.95. The second-order valence-electron chi connectivity index (χ2n) is 4.55. The van der Waals surface area contributed by atoms with Gasteiger partial charge >= 0.3 is 0 Å². The van der Waals surface area contributed by atoms with Gasteiger partial charge in [-0.05, 0) is 25.5 Å². The molecule has 0 spiro atoms. The summed E-state index contributed by atoms with van der Waals surface area (Å²) < 4.78 is 7.10. The monoisotopic (exact) mass is 267 g/mol. The van der Waals surface area contributed by atoms with Crippen molar-refractivity contribution in [3.63, 3.8) is 0 Å². The molecule has 0 radical (unpaired) electrons. The van der Waals surface area contributed by atoms with Crippen LogP contribution < -0.4 is 0 Å². The van der Waals surface area contributed by atoms with E-state index in [1.54, 1.807) is 14.0 Å². The number of benzene rings is 1. The molecule has 0 aliphatic heterocycles. The van der Waals surface area contributed by atoms with Crippen molar-refractivity contribution in [3.8, 4) is 0 Å². The van der Waals surface area contributed by atoms with E-state index < -0.39 is 6.10 Å². The number of aryl methyl sites for hydroxylation is 1. The molecule has 1 atom stereocenters. The average Bonchev–Trinajstić information content (AvgIpc) is 2.58. The number of hydrogen-bond donors (Lipinski definition) is 1. The Morgan fingerprint density at radius 1 is 1.44 bits per heavy atom. The third-order valence-corrected chi connectivity index (χ3v) is 3.54. The highest BCUT2D eigenvalue weighted by Gasteiger charge is 2.18. The summed E-state index contributed by atoms with van der Waals surface area (Å²) in [6, 6.07) is 6.13. The van der Waals surface area contributed by atoms with Gasteiger partial charge in [0.1, 0.15) is 5.15 Å². The Balaban J connectivity index is 2.66. The van der Waals surface area contributed by atoms with Crippen LogP contribution in [0.1, 0.15) is 24.2 Å². The molecule has 3 nitrogen and oxygen atoms in total. The van der Waals surface area contributed by atoms with Crippen molar-refractivity contribution in [3.05, 3.63) is 34.5 Å². The van der Waals surface area contributed by atoms with E-state index in [4.69, 9.17) is 16.3 Å². The third kappa shape index (κ3) is 2.26. The van der Waals surface area contributed by atoms with Crippen molar-refractivity contribution in [1.82, 2.24) is 4.57 Å². The number of rotatable bonds is 4. The fourth-order valence-electron chi connectivity index (χ4n) is 2.25. The van der Waals surface area contributed by atoms with Gasteiger partial charge in [-0.2, -0.15) is 0 Å². The standard InChI is InChI=1S/C14H18ClNO2/c1-9-4-5-11-12(8-9)16(6-7-18-3)14(15)13(11)10(2)17/h4-5,8,10,17H,6-7H2,1-3H3. The Morgan fingerprint density at radius 3 is 2.78 bits per heavy atom. The summed E-state index contributed by atoms with van der Waals surface area (Å²) >= 11 is 6.38. The number of nitrogens with zero attached hydrogens (tertiary/aromatic N) is 1. The van der Waals surface area contributed by atoms with Crippen LogP contribution in [0.5, 0.6) is 0 Å². The summed E-state index contributed by atoms with van der Waals surface area (Å²) in [5.41, 5.74) is 3.02. The molecule has 2 aromatic rings. The van der Waals surface area contributed by atoms with E-state index in [0.717, 1.165) is 16.5 Å². The molecular formula is C14H18ClNO2. The van der Waals surface area contributed by atoms with E-state index >= 15 is 0 Å². The van der Waals surface area contributed by atoms with Crippen LogP contribution in [-0.2, 0) is 11.3 Å². The first-order chi connectivity index (χ1) is 8.56. The van der Waals surface area contributed by atoms with Gasteiger partial charge in [-0.15, -0.1) is 0 Å². The lowest BCUT2D eigenvalue weighted by molar-refractivity contribution is 0.187. The maximum atomic E-state index is 9.88. The first-order valence-corrected chi connectivity index (χ1v) is 6.39. The van der Waals surface area contributed by atoms with Crippen LogP contribution >= 0.6 is 11.6 Å². The molecule has 0 bridgehead atoms. The lowest BCUT2D eigenvalue weighted by Crippen LogP contribution is -2.04. The minimum Gasteiger partial charge on any atom is -0.389 e. The molecule has 1 aromatic carbocycles. The first-order valence-electron chi connectivity index (χ1n) is 6.01. The van der Waals surface area contributed by atoms with Crippen LogP contribution in [0.4, 0.5) is 0 Å². The van der Waals surface area contributed by atoms with E-state index in [-0.39, 0.29) is 0 Å². The maximum Gasteiger partial charge on any atom is 0.115 e. The predicted molar refractivity (Wildman–Crippen MR) is 74.2 cm³/mol. The summed E-state index contributed by atoms with van der Waals surface area (Å²) in [7, 11) is 1.67. The van der Waals surface area contributed by atoms with Gasteiger partial charge in [0.05, 0.1) is 12.7 Å². The maximum absolute atomic E-state index is 9.88. The second kappa shape index (κ2) is 5.31. The molecule has 0 aliphatic carbocycles. The zero-order valence-corrected chi connectivity index (χ0v) is 11.7. The number of methoxy groups -OCH3 is 1. The molecule has 98 valence electrons. The van der Waals surface area contributed by atoms with Crippen LogP contribution in [0.3, 0.4) is 0 Å². The highest BCUT2D eigenvalue weighted by atomic mass is 35.5. The summed E-state index contributed by atoms with van der Waals surface area (Å²) in [5, 5.41) is 11.5. The molecule has 18 heavy (non-hydrogen) atoms. The van der Waals surface area contributed by atoms with Crippen molar-refractivity contribution < 1.29 is 9.84 Å². The molecule has 0 fully saturated rings. The molecule has 0 saturated carbocycles. The number of aliphatic hydroxyl groups is 1. The van der Waals surface area contributed by atoms with Crippen LogP contribution in [0.25, 0.3) is 10.9 Å². The number of ether oxygens (including phenoxy) is 1. The summed E-state index contributed by atoms with van der Waals surface area (Å²) in [5.74, 6) is 0. The minimum absolute atomic E-state index is 0.577. The minimum atomic E-state index is -0.577. The van der Waals surface area contributed by atoms with Crippen LogP contribution in [-0.4, -0.2) is 23.4 Å². The quantitative estimate of drug-likeness (QED) is 0.922. The van der Waals surface area contributed by atoms with Gasteiger partial charge in [0.15, 0.2) is 0 Å². The summed E-state index contributed by atoms with van der Waals surface area (Å²) in [6.45, 7) is 5.06. The molecule has 0 aliphatic rings. The Labute approximate surface area is 112 Å². The molecule has 4 heteroatoms. The van der Waals surface area contributed by atoms with Gasteiger partial charge in [0.2, 0.25) is 0 Å². The van der Waals surface area contributed by atoms with Crippen LogP contribution in [0, 0.1) is 6.92 Å². The number of fused-ring (bicyclic) bond motifs is 1. The lowest BCUT2D eigenvalue weighted by Gasteiger charge is -2.07. The van der Waals surface area contributed by atoms with E-state index in [2.05, 4.69) is 6.07 Å². The van der Waals surface area contributed by atoms with E-state index in [1.165, 1.54) is 5.56 Å². The van der Waals surface area contributed by atoms with Crippen molar-refractivity contribution in [1.29, 1.82) is 0 Å². The third-order valence-electron chi connectivity index (χ3n) is 3.13. The Bertz CT molecular complexity index is 560. The van der Waals surface area contributed by atoms with Gasteiger partial charge in [-0.1, -0.05) is 23.7 Å². The molecule has 1 heterocycles. The SMILES string of the molecule is COCCn1c(Cl)c(C(C)O)c2ccc(C)cc21. The van der Waals surface area contributed by atoms with Crippen LogP contribution in [0.15, 0.2) is 18.2 Å². The molecule has 1 unspecified atom stereocenters. The van der Waals surface area contributed by atoms with Crippen molar-refractivity contribution >= 4 is 22.5 Å². The van der Waals surface area contributed by atoms with E-state index in [9.17, 15) is 5.11 Å². The average molecular weight is 268 g/mol. The summed E-state index contributed by atoms with van der Waals surface area (Å²) in [4.78, 5) is 0.